The van der Waals surface area contributed by atoms with Crippen LogP contribution >= 0.6 is 0 Å². The molecule has 10 heteroatoms. The zero-order chi connectivity index (χ0) is 23.6. The summed E-state index contributed by atoms with van der Waals surface area (Å²) in [5.41, 5.74) is -6.08. The summed E-state index contributed by atoms with van der Waals surface area (Å²) < 4.78 is 72.2. The predicted octanol–water partition coefficient (Wildman–Crippen LogP) is 4.76. The number of carbonyl (C=O) groups excluding carboxylic acids is 1. The summed E-state index contributed by atoms with van der Waals surface area (Å²) in [5, 5.41) is 0. The molecule has 2 bridgehead atoms. The molecular weight excluding hydrogens is 435 g/mol. The van der Waals surface area contributed by atoms with E-state index in [-0.39, 0.29) is 12.2 Å². The highest BCUT2D eigenvalue weighted by atomic mass is 32.2. The third kappa shape index (κ3) is 3.87. The van der Waals surface area contributed by atoms with Crippen LogP contribution in [-0.4, -0.2) is 43.1 Å². The first kappa shape index (κ1) is 23.7. The molecule has 1 heterocycles. The van der Waals surface area contributed by atoms with E-state index >= 15 is 0 Å². The van der Waals surface area contributed by atoms with Gasteiger partial charge in [0, 0.05) is 23.6 Å². The number of halogens is 3. The molecule has 0 radical (unpaired) electrons. The number of carbonyl (C=O) groups is 1. The van der Waals surface area contributed by atoms with Gasteiger partial charge in [0.05, 0.1) is 0 Å². The highest BCUT2D eigenvalue weighted by molar-refractivity contribution is 7.88. The number of benzene rings is 1. The number of piperidine rings is 1. The molecule has 1 saturated heterocycles. The van der Waals surface area contributed by atoms with Crippen LogP contribution in [0.1, 0.15) is 59.1 Å². The lowest BCUT2D eigenvalue weighted by Crippen LogP contribution is -2.65. The fraction of sp³-hybridized carbons (Fsp3) is 0.667. The predicted molar refractivity (Wildman–Crippen MR) is 108 cm³/mol. The second kappa shape index (κ2) is 7.02. The van der Waals surface area contributed by atoms with Gasteiger partial charge in [-0.15, -0.1) is 0 Å². The average molecular weight is 464 g/mol. The van der Waals surface area contributed by atoms with Crippen molar-refractivity contribution in [2.75, 3.05) is 6.54 Å². The first-order chi connectivity index (χ1) is 13.9. The van der Waals surface area contributed by atoms with E-state index in [2.05, 4.69) is 4.18 Å². The minimum absolute atomic E-state index is 0.153. The van der Waals surface area contributed by atoms with Crippen molar-refractivity contribution in [2.24, 2.45) is 5.41 Å². The van der Waals surface area contributed by atoms with Crippen molar-refractivity contribution < 1.29 is 35.3 Å². The second-order valence-corrected chi connectivity index (χ2v) is 11.5. The Labute approximate surface area is 180 Å². The lowest BCUT2D eigenvalue weighted by molar-refractivity contribution is -0.0530. The molecular formula is C21H28F3NO5S. The Morgan fingerprint density at radius 2 is 1.77 bits per heavy atom. The number of likely N-dealkylation sites (tertiary alicyclic amines) is 1. The summed E-state index contributed by atoms with van der Waals surface area (Å²) >= 11 is 0. The molecule has 0 saturated carbocycles. The van der Waals surface area contributed by atoms with E-state index in [1.165, 1.54) is 12.1 Å². The van der Waals surface area contributed by atoms with E-state index < -0.39 is 44.2 Å². The Balaban J connectivity index is 2.08. The molecule has 1 unspecified atom stereocenters. The van der Waals surface area contributed by atoms with Crippen LogP contribution in [0.15, 0.2) is 18.2 Å². The lowest BCUT2D eigenvalue weighted by atomic mass is 9.51. The molecule has 1 amide bonds. The first-order valence-corrected chi connectivity index (χ1v) is 11.4. The quantitative estimate of drug-likeness (QED) is 0.467. The van der Waals surface area contributed by atoms with Gasteiger partial charge in [-0.3, -0.25) is 0 Å². The number of amides is 1. The van der Waals surface area contributed by atoms with Gasteiger partial charge in [-0.2, -0.15) is 21.6 Å². The van der Waals surface area contributed by atoms with E-state index in [1.54, 1.807) is 31.7 Å². The van der Waals surface area contributed by atoms with Crippen LogP contribution in [0.25, 0.3) is 0 Å². The number of alkyl halides is 3. The fourth-order valence-corrected chi connectivity index (χ4v) is 5.18. The van der Waals surface area contributed by atoms with Crippen LogP contribution in [0.4, 0.5) is 18.0 Å². The summed E-state index contributed by atoms with van der Waals surface area (Å²) in [5.74, 6) is -0.354. The molecule has 0 aromatic heterocycles. The monoisotopic (exact) mass is 463 g/mol. The SMILES string of the molecule is CC(C)(C)OC(=O)N1CCC2(C)c3cccc(OS(=O)(=O)C(F)(F)F)c3C[C@@H]1C2(C)C. The van der Waals surface area contributed by atoms with Crippen LogP contribution in [0, 0.1) is 5.41 Å². The Morgan fingerprint density at radius 1 is 1.16 bits per heavy atom. The highest BCUT2D eigenvalue weighted by Crippen LogP contribution is 2.57. The maximum absolute atomic E-state index is 12.9. The summed E-state index contributed by atoms with van der Waals surface area (Å²) in [6.45, 7) is 11.7. The first-order valence-electron chi connectivity index (χ1n) is 10.0. The molecule has 0 N–H and O–H groups in total. The molecule has 1 aliphatic carbocycles. The van der Waals surface area contributed by atoms with Crippen LogP contribution < -0.4 is 4.18 Å². The number of nitrogens with zero attached hydrogens (tertiary/aromatic N) is 1. The topological polar surface area (TPSA) is 72.9 Å². The summed E-state index contributed by atoms with van der Waals surface area (Å²) in [6, 6.07) is 4.11. The molecule has 1 fully saturated rings. The Hall–Kier alpha value is -1.97. The van der Waals surface area contributed by atoms with Crippen molar-refractivity contribution in [2.45, 2.75) is 77.0 Å². The largest absolute Gasteiger partial charge is 0.534 e. The minimum atomic E-state index is -5.82. The Kier molecular flexibility index (Phi) is 5.36. The zero-order valence-electron chi connectivity index (χ0n) is 18.5. The number of hydrogen-bond donors (Lipinski definition) is 0. The van der Waals surface area contributed by atoms with Gasteiger partial charge in [0.15, 0.2) is 0 Å². The molecule has 2 aliphatic rings. The summed E-state index contributed by atoms with van der Waals surface area (Å²) in [6.07, 6.45) is 0.191. The maximum atomic E-state index is 12.9. The number of ether oxygens (including phenoxy) is 1. The smallest absolute Gasteiger partial charge is 0.444 e. The third-order valence-corrected chi connectivity index (χ3v) is 7.69. The van der Waals surface area contributed by atoms with Gasteiger partial charge in [0.1, 0.15) is 11.4 Å². The summed E-state index contributed by atoms with van der Waals surface area (Å²) in [4.78, 5) is 14.5. The third-order valence-electron chi connectivity index (χ3n) is 6.72. The van der Waals surface area contributed by atoms with Crippen molar-refractivity contribution >= 4 is 16.2 Å². The summed E-state index contributed by atoms with van der Waals surface area (Å²) in [7, 11) is -5.82. The van der Waals surface area contributed by atoms with Gasteiger partial charge in [0.2, 0.25) is 0 Å². The van der Waals surface area contributed by atoms with Crippen molar-refractivity contribution in [1.29, 1.82) is 0 Å². The average Bonchev–Trinajstić information content (AvgIpc) is 2.55. The standard InChI is InChI=1S/C21H28F3NO5S/c1-18(2,3)29-17(26)25-11-10-20(6)14-8-7-9-15(30-31(27,28)21(22,23)24)13(14)12-16(25)19(20,4)5/h7-9,16H,10-12H2,1-6H3/t16-,20?/m1/s1. The van der Waals surface area contributed by atoms with Crippen LogP contribution in [0.2, 0.25) is 0 Å². The zero-order valence-corrected chi connectivity index (χ0v) is 19.3. The van der Waals surface area contributed by atoms with Crippen molar-refractivity contribution in [3.05, 3.63) is 29.3 Å². The molecule has 174 valence electrons. The molecule has 1 aliphatic heterocycles. The molecule has 3 rings (SSSR count). The second-order valence-electron chi connectivity index (χ2n) is 9.96. The molecule has 31 heavy (non-hydrogen) atoms. The van der Waals surface area contributed by atoms with Crippen molar-refractivity contribution in [3.8, 4) is 5.75 Å². The van der Waals surface area contributed by atoms with Gasteiger partial charge in [0.25, 0.3) is 0 Å². The van der Waals surface area contributed by atoms with Crippen LogP contribution in [0.5, 0.6) is 5.75 Å². The van der Waals surface area contributed by atoms with Gasteiger partial charge in [-0.1, -0.05) is 32.9 Å². The number of rotatable bonds is 2. The van der Waals surface area contributed by atoms with E-state index in [0.717, 1.165) is 5.56 Å². The molecule has 6 nitrogen and oxygen atoms in total. The van der Waals surface area contributed by atoms with Gasteiger partial charge in [-0.05, 0) is 50.7 Å². The lowest BCUT2D eigenvalue weighted by Gasteiger charge is -2.60. The van der Waals surface area contributed by atoms with Gasteiger partial charge >= 0.3 is 21.7 Å². The van der Waals surface area contributed by atoms with E-state index in [1.807, 2.05) is 20.8 Å². The number of hydrogen-bond acceptors (Lipinski definition) is 5. The molecule has 1 aromatic carbocycles. The van der Waals surface area contributed by atoms with Gasteiger partial charge < -0.3 is 13.8 Å². The van der Waals surface area contributed by atoms with Gasteiger partial charge in [-0.25, -0.2) is 4.79 Å². The van der Waals surface area contributed by atoms with Crippen molar-refractivity contribution in [3.63, 3.8) is 0 Å². The van der Waals surface area contributed by atoms with Crippen LogP contribution in [-0.2, 0) is 26.7 Å². The molecule has 0 spiro atoms. The Morgan fingerprint density at radius 3 is 2.32 bits per heavy atom. The fourth-order valence-electron chi connectivity index (χ4n) is 4.70. The van der Waals surface area contributed by atoms with E-state index in [9.17, 15) is 26.4 Å². The van der Waals surface area contributed by atoms with Crippen LogP contribution in [0.3, 0.4) is 0 Å². The molecule has 2 atom stereocenters. The maximum Gasteiger partial charge on any atom is 0.534 e. The Bertz CT molecular complexity index is 997. The normalized spacial score (nSPS) is 25.6. The highest BCUT2D eigenvalue weighted by Gasteiger charge is 2.58. The molecule has 1 aromatic rings. The van der Waals surface area contributed by atoms with Crippen molar-refractivity contribution in [1.82, 2.24) is 4.90 Å². The van der Waals surface area contributed by atoms with E-state index in [0.29, 0.717) is 18.5 Å². The number of fused-ring (bicyclic) bond motifs is 4. The van der Waals surface area contributed by atoms with E-state index in [4.69, 9.17) is 4.74 Å². The minimum Gasteiger partial charge on any atom is -0.444 e.